The first-order valence-corrected chi connectivity index (χ1v) is 8.96. The van der Waals surface area contributed by atoms with E-state index in [9.17, 15) is 13.2 Å². The van der Waals surface area contributed by atoms with E-state index >= 15 is 0 Å². The summed E-state index contributed by atoms with van der Waals surface area (Å²) in [6.45, 7) is 0.581. The van der Waals surface area contributed by atoms with Gasteiger partial charge in [-0.05, 0) is 43.0 Å². The van der Waals surface area contributed by atoms with E-state index in [2.05, 4.69) is 0 Å². The highest BCUT2D eigenvalue weighted by atomic mass is 35.5. The number of carbonyl (C=O) groups is 1. The highest BCUT2D eigenvalue weighted by molar-refractivity contribution is 7.74. The molecular formula is C16H17ClN2O4S. The van der Waals surface area contributed by atoms with Crippen molar-refractivity contribution in [3.63, 3.8) is 0 Å². The fraction of sp³-hybridized carbons (Fsp3) is 0.375. The maximum Gasteiger partial charge on any atom is 0.293 e. The van der Waals surface area contributed by atoms with Crippen molar-refractivity contribution in [2.24, 2.45) is 0 Å². The molecule has 0 saturated heterocycles. The molecule has 128 valence electrons. The molecule has 0 bridgehead atoms. The predicted molar refractivity (Wildman–Crippen MR) is 91.3 cm³/mol. The van der Waals surface area contributed by atoms with Gasteiger partial charge in [0.05, 0.1) is 35.0 Å². The molecule has 1 unspecified atom stereocenters. The summed E-state index contributed by atoms with van der Waals surface area (Å²) in [4.78, 5) is 10.3. The summed E-state index contributed by atoms with van der Waals surface area (Å²) in [5.41, 5.74) is 1.62. The van der Waals surface area contributed by atoms with Crippen LogP contribution in [0.5, 0.6) is 0 Å². The molecule has 6 nitrogen and oxygen atoms in total. The molecule has 1 aliphatic rings. The number of thiol groups is 1. The molecular weight excluding hydrogens is 352 g/mol. The lowest BCUT2D eigenvalue weighted by molar-refractivity contribution is -0.128. The average molecular weight is 369 g/mol. The van der Waals surface area contributed by atoms with Gasteiger partial charge in [-0.25, -0.2) is 8.42 Å². The van der Waals surface area contributed by atoms with Crippen molar-refractivity contribution >= 4 is 34.7 Å². The summed E-state index contributed by atoms with van der Waals surface area (Å²) in [5, 5.41) is 9.13. The van der Waals surface area contributed by atoms with Crippen LogP contribution >= 0.6 is 11.6 Å². The number of anilines is 1. The number of allylic oxidation sites excluding steroid dienone is 1. The SMILES string of the molecule is N#Cc1ccc(N(C2CCCC=C2CCOC=O)[SH](=O)=O)c(Cl)c1. The molecule has 1 aliphatic carbocycles. The minimum atomic E-state index is -2.92. The number of halogens is 1. The summed E-state index contributed by atoms with van der Waals surface area (Å²) in [5.74, 6) is 0. The van der Waals surface area contributed by atoms with Crippen molar-refractivity contribution in [2.45, 2.75) is 31.7 Å². The summed E-state index contributed by atoms with van der Waals surface area (Å²) >= 11 is 6.19. The average Bonchev–Trinajstić information content (AvgIpc) is 2.57. The van der Waals surface area contributed by atoms with Crippen LogP contribution < -0.4 is 4.31 Å². The Kier molecular flexibility index (Phi) is 6.64. The zero-order valence-corrected chi connectivity index (χ0v) is 14.5. The van der Waals surface area contributed by atoms with Crippen LogP contribution in [0.1, 0.15) is 31.2 Å². The van der Waals surface area contributed by atoms with Gasteiger partial charge in [0.25, 0.3) is 6.47 Å². The second-order valence-electron chi connectivity index (χ2n) is 5.30. The molecule has 24 heavy (non-hydrogen) atoms. The lowest BCUT2D eigenvalue weighted by Gasteiger charge is -2.33. The summed E-state index contributed by atoms with van der Waals surface area (Å²) in [6, 6.07) is 6.14. The Morgan fingerprint density at radius 2 is 2.25 bits per heavy atom. The summed E-state index contributed by atoms with van der Waals surface area (Å²) in [7, 11) is -2.92. The van der Waals surface area contributed by atoms with Gasteiger partial charge in [0.15, 0.2) is 0 Å². The number of hydrogen-bond donors (Lipinski definition) is 1. The lowest BCUT2D eigenvalue weighted by atomic mass is 9.91. The molecule has 8 heteroatoms. The van der Waals surface area contributed by atoms with Crippen LogP contribution in [-0.2, 0) is 20.4 Å². The van der Waals surface area contributed by atoms with Crippen LogP contribution in [0.3, 0.4) is 0 Å². The van der Waals surface area contributed by atoms with E-state index in [1.165, 1.54) is 16.4 Å². The van der Waals surface area contributed by atoms with Gasteiger partial charge in [-0.15, -0.1) is 0 Å². The zero-order chi connectivity index (χ0) is 17.5. The second-order valence-corrected chi connectivity index (χ2v) is 6.62. The normalized spacial score (nSPS) is 17.0. The van der Waals surface area contributed by atoms with Crippen LogP contribution in [0.25, 0.3) is 0 Å². The lowest BCUT2D eigenvalue weighted by Crippen LogP contribution is -2.37. The predicted octanol–water partition coefficient (Wildman–Crippen LogP) is 2.59. The molecule has 0 heterocycles. The van der Waals surface area contributed by atoms with Crippen molar-refractivity contribution in [3.05, 3.63) is 40.4 Å². The molecule has 1 aromatic rings. The Hall–Kier alpha value is -2.04. The molecule has 2 rings (SSSR count). The minimum Gasteiger partial charge on any atom is -0.468 e. The molecule has 1 atom stereocenters. The number of carbonyl (C=O) groups excluding carboxylic acids is 1. The van der Waals surface area contributed by atoms with Gasteiger partial charge in [-0.2, -0.15) is 5.26 Å². The van der Waals surface area contributed by atoms with Gasteiger partial charge in [0, 0.05) is 6.42 Å². The zero-order valence-electron chi connectivity index (χ0n) is 12.9. The van der Waals surface area contributed by atoms with E-state index in [0.29, 0.717) is 30.6 Å². The number of nitrogens with zero attached hydrogens (tertiary/aromatic N) is 2. The maximum absolute atomic E-state index is 11.9. The number of ether oxygens (including phenoxy) is 1. The van der Waals surface area contributed by atoms with E-state index in [1.807, 2.05) is 12.1 Å². The largest absolute Gasteiger partial charge is 0.468 e. The van der Waals surface area contributed by atoms with Crippen LogP contribution in [0.2, 0.25) is 5.02 Å². The minimum absolute atomic E-state index is 0.205. The monoisotopic (exact) mass is 368 g/mol. The molecule has 0 aliphatic heterocycles. The van der Waals surface area contributed by atoms with E-state index in [0.717, 1.165) is 18.4 Å². The molecule has 0 fully saturated rings. The Bertz CT molecular complexity index is 747. The topological polar surface area (TPSA) is 87.5 Å². The van der Waals surface area contributed by atoms with Gasteiger partial charge in [0.2, 0.25) is 10.9 Å². The van der Waals surface area contributed by atoms with Crippen LogP contribution in [-0.4, -0.2) is 27.5 Å². The molecule has 0 amide bonds. The van der Waals surface area contributed by atoms with Gasteiger partial charge < -0.3 is 4.74 Å². The number of nitriles is 1. The molecule has 0 radical (unpaired) electrons. The van der Waals surface area contributed by atoms with Crippen molar-refractivity contribution in [1.82, 2.24) is 0 Å². The summed E-state index contributed by atoms with van der Waals surface area (Å²) in [6.07, 6.45) is 4.84. The smallest absolute Gasteiger partial charge is 0.293 e. The molecule has 1 aromatic carbocycles. The van der Waals surface area contributed by atoms with E-state index in [1.54, 1.807) is 6.07 Å². The Labute approximate surface area is 147 Å². The number of hydrogen-bond acceptors (Lipinski definition) is 5. The molecule has 0 saturated carbocycles. The third kappa shape index (κ3) is 4.28. The first-order valence-electron chi connectivity index (χ1n) is 7.46. The van der Waals surface area contributed by atoms with Crippen LogP contribution in [0, 0.1) is 11.3 Å². The summed E-state index contributed by atoms with van der Waals surface area (Å²) < 4.78 is 29.8. The number of benzene rings is 1. The van der Waals surface area contributed by atoms with E-state index in [-0.39, 0.29) is 17.7 Å². The second kappa shape index (κ2) is 8.71. The maximum atomic E-state index is 11.9. The third-order valence-corrected chi connectivity index (χ3v) is 5.04. The fourth-order valence-electron chi connectivity index (χ4n) is 2.82. The Balaban J connectivity index is 2.35. The number of rotatable bonds is 7. The van der Waals surface area contributed by atoms with Crippen LogP contribution in [0.15, 0.2) is 29.8 Å². The van der Waals surface area contributed by atoms with E-state index in [4.69, 9.17) is 21.6 Å². The van der Waals surface area contributed by atoms with Crippen molar-refractivity contribution in [1.29, 1.82) is 5.26 Å². The van der Waals surface area contributed by atoms with Crippen LogP contribution in [0.4, 0.5) is 5.69 Å². The highest BCUT2D eigenvalue weighted by Gasteiger charge is 2.28. The van der Waals surface area contributed by atoms with Crippen molar-refractivity contribution in [3.8, 4) is 6.07 Å². The first kappa shape index (κ1) is 18.3. The quantitative estimate of drug-likeness (QED) is 0.346. The fourth-order valence-corrected chi connectivity index (χ4v) is 4.00. The van der Waals surface area contributed by atoms with Gasteiger partial charge in [-0.3, -0.25) is 9.10 Å². The molecule has 0 aromatic heterocycles. The first-order chi connectivity index (χ1) is 11.6. The van der Waals surface area contributed by atoms with Gasteiger partial charge in [0.1, 0.15) is 0 Å². The van der Waals surface area contributed by atoms with Gasteiger partial charge in [-0.1, -0.05) is 17.7 Å². The Morgan fingerprint density at radius 3 is 2.88 bits per heavy atom. The van der Waals surface area contributed by atoms with E-state index < -0.39 is 10.9 Å². The van der Waals surface area contributed by atoms with Gasteiger partial charge >= 0.3 is 0 Å². The third-order valence-electron chi connectivity index (χ3n) is 3.89. The molecule has 0 N–H and O–H groups in total. The standard InChI is InChI=1S/C16H17ClN2O4S/c17-14-9-12(10-18)5-6-16(14)19(24(21)22)15-4-2-1-3-13(15)7-8-23-11-20/h3,5-6,9,11,15,24H,1-2,4,7-8H2. The Morgan fingerprint density at radius 1 is 1.46 bits per heavy atom. The molecule has 0 spiro atoms. The highest BCUT2D eigenvalue weighted by Crippen LogP contribution is 2.34. The van der Waals surface area contributed by atoms with Crippen molar-refractivity contribution < 1.29 is 17.9 Å². The van der Waals surface area contributed by atoms with Crippen molar-refractivity contribution in [2.75, 3.05) is 10.9 Å².